The number of nitrogens with one attached hydrogen (secondary N) is 1. The molecule has 1 aromatic carbocycles. The molecule has 19 heavy (non-hydrogen) atoms. The predicted octanol–water partition coefficient (Wildman–Crippen LogP) is 4.15. The van der Waals surface area contributed by atoms with Gasteiger partial charge in [-0.05, 0) is 53.3 Å². The van der Waals surface area contributed by atoms with Crippen LogP contribution in [0.25, 0.3) is 0 Å². The first kappa shape index (κ1) is 14.3. The molecular weight excluding hydrogens is 250 g/mol. The Kier molecular flexibility index (Phi) is 5.62. The van der Waals surface area contributed by atoms with Gasteiger partial charge in [0.25, 0.3) is 0 Å². The molecule has 1 atom stereocenters. The first-order valence-electron chi connectivity index (χ1n) is 7.02. The molecule has 0 saturated carbocycles. The maximum Gasteiger partial charge on any atom is 0.00104 e. The highest BCUT2D eigenvalue weighted by atomic mass is 32.1. The van der Waals surface area contributed by atoms with Gasteiger partial charge < -0.3 is 5.32 Å². The summed E-state index contributed by atoms with van der Waals surface area (Å²) in [6.45, 7) is 5.51. The number of hydrogen-bond acceptors (Lipinski definition) is 2. The van der Waals surface area contributed by atoms with Crippen LogP contribution >= 0.6 is 11.3 Å². The zero-order valence-corrected chi connectivity index (χ0v) is 12.6. The van der Waals surface area contributed by atoms with Crippen LogP contribution in [0.1, 0.15) is 25.0 Å². The summed E-state index contributed by atoms with van der Waals surface area (Å²) in [4.78, 5) is 0. The highest BCUT2D eigenvalue weighted by Gasteiger charge is 2.11. The predicted molar refractivity (Wildman–Crippen MR) is 84.8 cm³/mol. The van der Waals surface area contributed by atoms with Gasteiger partial charge in [-0.15, -0.1) is 0 Å². The van der Waals surface area contributed by atoms with Crippen molar-refractivity contribution in [3.05, 3.63) is 58.3 Å². The van der Waals surface area contributed by atoms with E-state index in [9.17, 15) is 0 Å². The Balaban J connectivity index is 1.97. The van der Waals surface area contributed by atoms with Crippen molar-refractivity contribution in [1.29, 1.82) is 0 Å². The highest BCUT2D eigenvalue weighted by Crippen LogP contribution is 2.16. The van der Waals surface area contributed by atoms with Crippen molar-refractivity contribution in [2.75, 3.05) is 6.54 Å². The fraction of sp³-hybridized carbons (Fsp3) is 0.412. The molecule has 1 unspecified atom stereocenters. The second-order valence-electron chi connectivity index (χ2n) is 5.45. The summed E-state index contributed by atoms with van der Waals surface area (Å²) in [5.74, 6) is 0.666. The molecule has 2 rings (SSSR count). The normalized spacial score (nSPS) is 12.8. The van der Waals surface area contributed by atoms with Crippen LogP contribution in [0.4, 0.5) is 0 Å². The van der Waals surface area contributed by atoms with Crippen LogP contribution in [-0.2, 0) is 12.8 Å². The summed E-state index contributed by atoms with van der Waals surface area (Å²) in [6.07, 6.45) is 2.31. The molecule has 1 heterocycles. The monoisotopic (exact) mass is 273 g/mol. The lowest BCUT2D eigenvalue weighted by molar-refractivity contribution is 0.444. The third-order valence-electron chi connectivity index (χ3n) is 3.29. The quantitative estimate of drug-likeness (QED) is 0.799. The van der Waals surface area contributed by atoms with Crippen LogP contribution in [0, 0.1) is 5.92 Å². The largest absolute Gasteiger partial charge is 0.314 e. The molecule has 0 saturated heterocycles. The van der Waals surface area contributed by atoms with Gasteiger partial charge in [-0.3, -0.25) is 0 Å². The fourth-order valence-corrected chi connectivity index (χ4v) is 2.99. The maximum absolute atomic E-state index is 3.58. The van der Waals surface area contributed by atoms with Crippen molar-refractivity contribution < 1.29 is 0 Å². The summed E-state index contributed by atoms with van der Waals surface area (Å²) in [6, 6.07) is 13.6. The lowest BCUT2D eigenvalue weighted by Gasteiger charge is -2.19. The van der Waals surface area contributed by atoms with Crippen molar-refractivity contribution in [3.63, 3.8) is 0 Å². The maximum atomic E-state index is 3.58. The van der Waals surface area contributed by atoms with Crippen LogP contribution in [0.15, 0.2) is 47.2 Å². The zero-order valence-electron chi connectivity index (χ0n) is 11.8. The molecule has 1 aromatic heterocycles. The Bertz CT molecular complexity index is 447. The third kappa shape index (κ3) is 5.17. The van der Waals surface area contributed by atoms with Gasteiger partial charge in [0.15, 0.2) is 0 Å². The molecule has 2 aromatic rings. The fourth-order valence-electron chi connectivity index (χ4n) is 2.31. The Morgan fingerprint density at radius 2 is 1.74 bits per heavy atom. The lowest BCUT2D eigenvalue weighted by atomic mass is 9.93. The van der Waals surface area contributed by atoms with Gasteiger partial charge in [-0.2, -0.15) is 11.3 Å². The van der Waals surface area contributed by atoms with Gasteiger partial charge in [0.2, 0.25) is 0 Å². The van der Waals surface area contributed by atoms with Gasteiger partial charge in [0, 0.05) is 6.04 Å². The SMILES string of the molecule is CC(C)NCC(Cc1ccccc1)Cc1ccsc1. The molecule has 0 bridgehead atoms. The number of benzene rings is 1. The van der Waals surface area contributed by atoms with Crippen LogP contribution in [0.3, 0.4) is 0 Å². The van der Waals surface area contributed by atoms with E-state index < -0.39 is 0 Å². The minimum atomic E-state index is 0.556. The van der Waals surface area contributed by atoms with E-state index in [4.69, 9.17) is 0 Å². The van der Waals surface area contributed by atoms with E-state index in [0.717, 1.165) is 19.4 Å². The minimum absolute atomic E-state index is 0.556. The molecule has 2 heteroatoms. The molecular formula is C17H23NS. The molecule has 102 valence electrons. The Hall–Kier alpha value is -1.12. The smallest absolute Gasteiger partial charge is 0.00104 e. The molecule has 0 spiro atoms. The van der Waals surface area contributed by atoms with E-state index in [1.807, 2.05) is 0 Å². The number of rotatable bonds is 7. The number of hydrogen-bond donors (Lipinski definition) is 1. The number of thiophene rings is 1. The van der Waals surface area contributed by atoms with Crippen LogP contribution in [-0.4, -0.2) is 12.6 Å². The van der Waals surface area contributed by atoms with Crippen molar-refractivity contribution in [2.24, 2.45) is 5.92 Å². The Morgan fingerprint density at radius 1 is 1.00 bits per heavy atom. The second kappa shape index (κ2) is 7.46. The topological polar surface area (TPSA) is 12.0 Å². The van der Waals surface area contributed by atoms with E-state index in [2.05, 4.69) is 66.3 Å². The molecule has 0 amide bonds. The van der Waals surface area contributed by atoms with Crippen LogP contribution in [0.5, 0.6) is 0 Å². The summed E-state index contributed by atoms with van der Waals surface area (Å²) >= 11 is 1.79. The van der Waals surface area contributed by atoms with Crippen molar-refractivity contribution in [3.8, 4) is 0 Å². The Morgan fingerprint density at radius 3 is 2.37 bits per heavy atom. The van der Waals surface area contributed by atoms with Gasteiger partial charge in [0.05, 0.1) is 0 Å². The average molecular weight is 273 g/mol. The Labute approximate surface area is 120 Å². The summed E-state index contributed by atoms with van der Waals surface area (Å²) in [5, 5.41) is 8.02. The van der Waals surface area contributed by atoms with Gasteiger partial charge in [0.1, 0.15) is 0 Å². The molecule has 0 aliphatic rings. The first-order valence-corrected chi connectivity index (χ1v) is 7.96. The van der Waals surface area contributed by atoms with E-state index in [0.29, 0.717) is 12.0 Å². The van der Waals surface area contributed by atoms with E-state index in [1.54, 1.807) is 11.3 Å². The molecule has 0 aliphatic heterocycles. The summed E-state index contributed by atoms with van der Waals surface area (Å²) in [5.41, 5.74) is 2.91. The standard InChI is InChI=1S/C17H23NS/c1-14(2)18-12-17(11-16-8-9-19-13-16)10-15-6-4-3-5-7-15/h3-9,13-14,17-18H,10-12H2,1-2H3. The van der Waals surface area contributed by atoms with Crippen LogP contribution < -0.4 is 5.32 Å². The summed E-state index contributed by atoms with van der Waals surface area (Å²) in [7, 11) is 0. The van der Waals surface area contributed by atoms with Crippen molar-refractivity contribution >= 4 is 11.3 Å². The lowest BCUT2D eigenvalue weighted by Crippen LogP contribution is -2.31. The average Bonchev–Trinajstić information content (AvgIpc) is 2.90. The van der Waals surface area contributed by atoms with Gasteiger partial charge in [-0.25, -0.2) is 0 Å². The van der Waals surface area contributed by atoms with E-state index in [-0.39, 0.29) is 0 Å². The zero-order chi connectivity index (χ0) is 13.5. The third-order valence-corrected chi connectivity index (χ3v) is 4.02. The minimum Gasteiger partial charge on any atom is -0.314 e. The van der Waals surface area contributed by atoms with E-state index >= 15 is 0 Å². The van der Waals surface area contributed by atoms with Crippen LogP contribution in [0.2, 0.25) is 0 Å². The summed E-state index contributed by atoms with van der Waals surface area (Å²) < 4.78 is 0. The second-order valence-corrected chi connectivity index (χ2v) is 6.23. The van der Waals surface area contributed by atoms with Crippen molar-refractivity contribution in [1.82, 2.24) is 5.32 Å². The first-order chi connectivity index (χ1) is 9.24. The highest BCUT2D eigenvalue weighted by molar-refractivity contribution is 7.07. The molecule has 0 radical (unpaired) electrons. The molecule has 0 fully saturated rings. The molecule has 0 aliphatic carbocycles. The van der Waals surface area contributed by atoms with Gasteiger partial charge >= 0.3 is 0 Å². The van der Waals surface area contributed by atoms with Gasteiger partial charge in [-0.1, -0.05) is 44.2 Å². The van der Waals surface area contributed by atoms with Crippen molar-refractivity contribution in [2.45, 2.75) is 32.7 Å². The van der Waals surface area contributed by atoms with E-state index in [1.165, 1.54) is 11.1 Å². The molecule has 1 N–H and O–H groups in total. The molecule has 1 nitrogen and oxygen atoms in total.